The number of hydrogen-bond donors (Lipinski definition) is 3. The van der Waals surface area contributed by atoms with E-state index in [2.05, 4.69) is 31.9 Å². The van der Waals surface area contributed by atoms with Crippen molar-refractivity contribution in [2.45, 2.75) is 25.6 Å². The van der Waals surface area contributed by atoms with E-state index in [-0.39, 0.29) is 5.76 Å². The highest BCUT2D eigenvalue weighted by Gasteiger charge is 2.27. The molecule has 0 aromatic carbocycles. The van der Waals surface area contributed by atoms with Crippen LogP contribution in [0.15, 0.2) is 59.7 Å². The van der Waals surface area contributed by atoms with Crippen LogP contribution in [0.5, 0.6) is 0 Å². The fourth-order valence-electron chi connectivity index (χ4n) is 2.27. The van der Waals surface area contributed by atoms with E-state index in [1.807, 2.05) is 20.9 Å². The molecule has 6 nitrogen and oxygen atoms in total. The van der Waals surface area contributed by atoms with Crippen molar-refractivity contribution in [2.24, 2.45) is 4.99 Å². The Hall–Kier alpha value is -2.71. The van der Waals surface area contributed by atoms with Crippen molar-refractivity contribution in [2.75, 3.05) is 14.1 Å². The first-order chi connectivity index (χ1) is 13.6. The Morgan fingerprint density at radius 1 is 1.48 bits per heavy atom. The molecule has 3 N–H and O–H groups in total. The largest absolute Gasteiger partial charge is 0.487 e. The van der Waals surface area contributed by atoms with Crippen LogP contribution in [0.2, 0.25) is 0 Å². The number of alkyl halides is 3. The number of pyridine rings is 1. The molecule has 29 heavy (non-hydrogen) atoms. The summed E-state index contributed by atoms with van der Waals surface area (Å²) < 4.78 is 29.5. The van der Waals surface area contributed by atoms with Crippen LogP contribution < -0.4 is 10.6 Å². The molecule has 158 valence electrons. The summed E-state index contributed by atoms with van der Waals surface area (Å²) in [6.45, 7) is 7.13. The summed E-state index contributed by atoms with van der Waals surface area (Å²) in [6.07, 6.45) is 7.22. The van der Waals surface area contributed by atoms with E-state index in [4.69, 9.17) is 11.6 Å². The number of aliphatic hydroxyl groups excluding tert-OH is 1. The normalized spacial score (nSPS) is 14.7. The molecule has 0 radical (unpaired) electrons. The van der Waals surface area contributed by atoms with E-state index in [1.54, 1.807) is 25.5 Å². The van der Waals surface area contributed by atoms with Gasteiger partial charge in [-0.2, -0.15) is 0 Å². The molecule has 0 aliphatic carbocycles. The van der Waals surface area contributed by atoms with Crippen molar-refractivity contribution in [1.82, 2.24) is 15.6 Å². The first-order valence-corrected chi connectivity index (χ1v) is 8.97. The van der Waals surface area contributed by atoms with Gasteiger partial charge < -0.3 is 20.5 Å². The van der Waals surface area contributed by atoms with Crippen LogP contribution in [0.25, 0.3) is 5.57 Å². The molecule has 1 aromatic rings. The smallest absolute Gasteiger partial charge is 0.420 e. The third kappa shape index (κ3) is 8.05. The second kappa shape index (κ2) is 11.3. The van der Waals surface area contributed by atoms with Crippen LogP contribution in [0.1, 0.15) is 30.0 Å². The van der Waals surface area contributed by atoms with Gasteiger partial charge in [-0.05, 0) is 44.3 Å². The van der Waals surface area contributed by atoms with Crippen LogP contribution in [-0.4, -0.2) is 36.0 Å². The highest BCUT2D eigenvalue weighted by molar-refractivity contribution is 6.20. The standard InChI is InChI=1S/C20H25ClF2N4O2/c1-6-16(29-20(21,22)23)8-7-9-26-19(28)15-10-17(14(3)27-11-15)18(12-24-4)13(2)25-5/h6-12,19,25-26,28H,1H2,2-5H3/b9-7+,16-8+,18-13+,24-12?. The van der Waals surface area contributed by atoms with Crippen molar-refractivity contribution in [3.05, 3.63) is 71.5 Å². The maximum Gasteiger partial charge on any atom is 0.487 e. The Kier molecular flexibility index (Phi) is 9.50. The number of aryl methyl sites for hydroxylation is 1. The summed E-state index contributed by atoms with van der Waals surface area (Å²) >= 11 is 4.71. The molecule has 1 heterocycles. The van der Waals surface area contributed by atoms with E-state index in [0.29, 0.717) is 5.56 Å². The van der Waals surface area contributed by atoms with Crippen LogP contribution in [-0.2, 0) is 4.74 Å². The van der Waals surface area contributed by atoms with Gasteiger partial charge in [-0.25, -0.2) is 0 Å². The third-order valence-corrected chi connectivity index (χ3v) is 3.87. The van der Waals surface area contributed by atoms with Crippen LogP contribution in [0.3, 0.4) is 0 Å². The van der Waals surface area contributed by atoms with Crippen LogP contribution in [0, 0.1) is 6.92 Å². The Labute approximate surface area is 174 Å². The summed E-state index contributed by atoms with van der Waals surface area (Å²) in [7, 11) is 3.48. The Morgan fingerprint density at radius 2 is 2.17 bits per heavy atom. The number of aliphatic imine (C=N–C) groups is 1. The molecule has 1 rings (SSSR count). The van der Waals surface area contributed by atoms with Crippen molar-refractivity contribution < 1.29 is 18.6 Å². The van der Waals surface area contributed by atoms with Crippen molar-refractivity contribution in [1.29, 1.82) is 0 Å². The molecule has 0 fully saturated rings. The second-order valence-corrected chi connectivity index (χ2v) is 6.27. The van der Waals surface area contributed by atoms with Gasteiger partial charge >= 0.3 is 5.57 Å². The van der Waals surface area contributed by atoms with Gasteiger partial charge in [0.2, 0.25) is 0 Å². The average Bonchev–Trinajstić information content (AvgIpc) is 2.67. The topological polar surface area (TPSA) is 78.8 Å². The molecule has 0 saturated carbocycles. The van der Waals surface area contributed by atoms with E-state index in [0.717, 1.165) is 28.6 Å². The molecule has 9 heteroatoms. The lowest BCUT2D eigenvalue weighted by Crippen LogP contribution is -2.16. The lowest BCUT2D eigenvalue weighted by Gasteiger charge is -2.15. The minimum atomic E-state index is -3.83. The molecular formula is C20H25ClF2N4O2. The van der Waals surface area contributed by atoms with Gasteiger partial charge in [0, 0.05) is 66.2 Å². The summed E-state index contributed by atoms with van der Waals surface area (Å²) in [4.78, 5) is 8.42. The number of hydrogen-bond acceptors (Lipinski definition) is 6. The number of aliphatic hydroxyl groups is 1. The van der Waals surface area contributed by atoms with E-state index in [9.17, 15) is 13.9 Å². The second-order valence-electron chi connectivity index (χ2n) is 5.83. The van der Waals surface area contributed by atoms with Crippen LogP contribution >= 0.6 is 11.6 Å². The van der Waals surface area contributed by atoms with Gasteiger partial charge in [0.05, 0.1) is 0 Å². The molecule has 0 aliphatic heterocycles. The zero-order valence-corrected chi connectivity index (χ0v) is 17.5. The molecule has 0 spiro atoms. The van der Waals surface area contributed by atoms with Gasteiger partial charge in [-0.15, -0.1) is 8.78 Å². The van der Waals surface area contributed by atoms with E-state index in [1.165, 1.54) is 18.4 Å². The minimum absolute atomic E-state index is 0.229. The SMILES string of the molecule is C=C/C(=C\C=C\NC(O)c1cnc(C)c(/C(C=NC)=C(\C)NC)c1)OC(F)(F)Cl. The predicted molar refractivity (Wildman–Crippen MR) is 112 cm³/mol. The molecule has 0 saturated heterocycles. The lowest BCUT2D eigenvalue weighted by molar-refractivity contribution is -0.136. The number of halogens is 3. The van der Waals surface area contributed by atoms with E-state index < -0.39 is 11.8 Å². The first kappa shape index (κ1) is 24.3. The number of nitrogens with one attached hydrogen (secondary N) is 2. The molecule has 1 aromatic heterocycles. The number of allylic oxidation sites excluding steroid dienone is 5. The zero-order valence-electron chi connectivity index (χ0n) is 16.7. The van der Waals surface area contributed by atoms with Gasteiger partial charge in [0.1, 0.15) is 5.76 Å². The molecule has 0 amide bonds. The maximum atomic E-state index is 12.6. The molecule has 1 unspecified atom stereocenters. The average molecular weight is 427 g/mol. The van der Waals surface area contributed by atoms with E-state index >= 15 is 0 Å². The van der Waals surface area contributed by atoms with Gasteiger partial charge in [-0.3, -0.25) is 9.98 Å². The molecule has 0 bridgehead atoms. The number of ether oxygens (including phenoxy) is 1. The summed E-state index contributed by atoms with van der Waals surface area (Å²) in [5, 5.41) is 16.2. The van der Waals surface area contributed by atoms with Gasteiger partial charge in [-0.1, -0.05) is 6.58 Å². The van der Waals surface area contributed by atoms with Crippen molar-refractivity contribution >= 4 is 23.4 Å². The van der Waals surface area contributed by atoms with Gasteiger partial charge in [0.25, 0.3) is 0 Å². The summed E-state index contributed by atoms with van der Waals surface area (Å²) in [5.41, 5.74) is 0.0247. The molecule has 1 atom stereocenters. The summed E-state index contributed by atoms with van der Waals surface area (Å²) in [6, 6.07) is 1.80. The summed E-state index contributed by atoms with van der Waals surface area (Å²) in [5.74, 6) is -0.229. The fourth-order valence-corrected chi connectivity index (χ4v) is 2.36. The Morgan fingerprint density at radius 3 is 2.72 bits per heavy atom. The zero-order chi connectivity index (χ0) is 22.0. The maximum absolute atomic E-state index is 12.6. The minimum Gasteiger partial charge on any atom is -0.420 e. The highest BCUT2D eigenvalue weighted by atomic mass is 35.5. The lowest BCUT2D eigenvalue weighted by atomic mass is 10.0. The number of nitrogens with zero attached hydrogens (tertiary/aromatic N) is 2. The van der Waals surface area contributed by atoms with Crippen LogP contribution in [0.4, 0.5) is 8.78 Å². The first-order valence-electron chi connectivity index (χ1n) is 8.59. The monoisotopic (exact) mass is 426 g/mol. The predicted octanol–water partition coefficient (Wildman–Crippen LogP) is 4.01. The highest BCUT2D eigenvalue weighted by Crippen LogP contribution is 2.24. The van der Waals surface area contributed by atoms with Crippen molar-refractivity contribution in [3.63, 3.8) is 0 Å². The fraction of sp³-hybridized carbons (Fsp3) is 0.300. The molecule has 0 aliphatic rings. The number of aromatic nitrogens is 1. The quantitative estimate of drug-likeness (QED) is 0.173. The third-order valence-electron chi connectivity index (χ3n) is 3.80. The Balaban J connectivity index is 3.01. The van der Waals surface area contributed by atoms with Crippen molar-refractivity contribution in [3.8, 4) is 0 Å². The van der Waals surface area contributed by atoms with Gasteiger partial charge in [0.15, 0.2) is 6.23 Å². The number of rotatable bonds is 10. The Bertz CT molecular complexity index is 830. The molecular weight excluding hydrogens is 402 g/mol.